The highest BCUT2D eigenvalue weighted by molar-refractivity contribution is 7.92. The van der Waals surface area contributed by atoms with Gasteiger partial charge in [-0.1, -0.05) is 18.2 Å². The smallest absolute Gasteiger partial charge is 0.267 e. The molecule has 0 unspecified atom stereocenters. The number of aromatic nitrogens is 2. The highest BCUT2D eigenvalue weighted by Crippen LogP contribution is 2.32. The Morgan fingerprint density at radius 1 is 1.03 bits per heavy atom. The maximum absolute atomic E-state index is 13.3. The van der Waals surface area contributed by atoms with E-state index in [1.165, 1.54) is 7.11 Å². The Hall–Kier alpha value is -3.13. The number of rotatable bonds is 5. The van der Waals surface area contributed by atoms with Gasteiger partial charge in [-0.3, -0.25) is 9.52 Å². The number of H-pyrrole nitrogens is 1. The van der Waals surface area contributed by atoms with Crippen LogP contribution in [0.15, 0.2) is 46.1 Å². The second-order valence-electron chi connectivity index (χ2n) is 7.86. The number of ether oxygens (including phenoxy) is 1. The van der Waals surface area contributed by atoms with Gasteiger partial charge in [-0.25, -0.2) is 13.5 Å². The molecule has 1 heterocycles. The van der Waals surface area contributed by atoms with Crippen molar-refractivity contribution in [2.75, 3.05) is 11.8 Å². The summed E-state index contributed by atoms with van der Waals surface area (Å²) >= 11 is 0. The van der Waals surface area contributed by atoms with Crippen molar-refractivity contribution >= 4 is 15.7 Å². The van der Waals surface area contributed by atoms with Crippen molar-refractivity contribution in [3.05, 3.63) is 69.0 Å². The number of aromatic amines is 1. The zero-order valence-corrected chi connectivity index (χ0v) is 18.6. The molecule has 1 aliphatic carbocycles. The van der Waals surface area contributed by atoms with Gasteiger partial charge in [-0.2, -0.15) is 5.10 Å². The first kappa shape index (κ1) is 21.1. The van der Waals surface area contributed by atoms with E-state index in [0.29, 0.717) is 34.7 Å². The maximum Gasteiger partial charge on any atom is 0.267 e. The van der Waals surface area contributed by atoms with Crippen LogP contribution in [-0.4, -0.2) is 25.7 Å². The highest BCUT2D eigenvalue weighted by atomic mass is 32.2. The monoisotopic (exact) mass is 439 g/mol. The minimum absolute atomic E-state index is 0.158. The third-order valence-electron chi connectivity index (χ3n) is 5.65. The maximum atomic E-state index is 13.3. The lowest BCUT2D eigenvalue weighted by molar-refractivity contribution is 0.417. The second kappa shape index (κ2) is 8.19. The normalized spacial score (nSPS) is 13.5. The molecule has 1 aromatic heterocycles. The molecule has 2 N–H and O–H groups in total. The topological polar surface area (TPSA) is 101 Å². The standard InChI is InChI=1S/C23H25N3O4S/c1-14-8-11-20(30-3)19(12-14)26-31(28,29)21-13-16(10-9-15(21)2)22-17-6-4-5-7-18(17)23(27)25-24-22/h8-13,26H,4-7H2,1-3H3,(H,25,27). The number of methoxy groups -OCH3 is 1. The fourth-order valence-electron chi connectivity index (χ4n) is 4.04. The molecule has 4 rings (SSSR count). The zero-order valence-electron chi connectivity index (χ0n) is 17.8. The van der Waals surface area contributed by atoms with Crippen LogP contribution in [0.2, 0.25) is 0 Å². The summed E-state index contributed by atoms with van der Waals surface area (Å²) < 4.78 is 34.5. The Morgan fingerprint density at radius 2 is 1.77 bits per heavy atom. The molecule has 0 atom stereocenters. The molecule has 3 aromatic rings. The van der Waals surface area contributed by atoms with Gasteiger partial charge in [0, 0.05) is 11.1 Å². The summed E-state index contributed by atoms with van der Waals surface area (Å²) in [6.07, 6.45) is 3.42. The average Bonchev–Trinajstić information content (AvgIpc) is 2.74. The van der Waals surface area contributed by atoms with Crippen LogP contribution in [0.25, 0.3) is 11.3 Å². The molecule has 0 saturated carbocycles. The number of nitrogens with zero attached hydrogens (tertiary/aromatic N) is 1. The lowest BCUT2D eigenvalue weighted by atomic mass is 9.90. The molecule has 0 amide bonds. The fourth-order valence-corrected chi connectivity index (χ4v) is 5.37. The van der Waals surface area contributed by atoms with Gasteiger partial charge in [0.05, 0.1) is 23.4 Å². The molecular formula is C23H25N3O4S. The van der Waals surface area contributed by atoms with Crippen LogP contribution < -0.4 is 15.0 Å². The van der Waals surface area contributed by atoms with E-state index in [9.17, 15) is 13.2 Å². The number of hydrogen-bond acceptors (Lipinski definition) is 5. The largest absolute Gasteiger partial charge is 0.495 e. The predicted molar refractivity (Wildman–Crippen MR) is 120 cm³/mol. The van der Waals surface area contributed by atoms with E-state index >= 15 is 0 Å². The lowest BCUT2D eigenvalue weighted by Gasteiger charge is -2.18. The Morgan fingerprint density at radius 3 is 2.52 bits per heavy atom. The van der Waals surface area contributed by atoms with Crippen molar-refractivity contribution < 1.29 is 13.2 Å². The first-order valence-corrected chi connectivity index (χ1v) is 11.7. The van der Waals surface area contributed by atoms with Gasteiger partial charge in [0.25, 0.3) is 15.6 Å². The number of hydrogen-bond donors (Lipinski definition) is 2. The van der Waals surface area contributed by atoms with E-state index in [1.807, 2.05) is 19.1 Å². The third-order valence-corrected chi connectivity index (χ3v) is 7.15. The summed E-state index contributed by atoms with van der Waals surface area (Å²) in [5.74, 6) is 0.444. The minimum Gasteiger partial charge on any atom is -0.495 e. The van der Waals surface area contributed by atoms with Crippen LogP contribution >= 0.6 is 0 Å². The molecule has 0 radical (unpaired) electrons. The Bertz CT molecular complexity index is 1310. The van der Waals surface area contributed by atoms with E-state index in [4.69, 9.17) is 4.74 Å². The summed E-state index contributed by atoms with van der Waals surface area (Å²) in [6.45, 7) is 3.63. The number of fused-ring (bicyclic) bond motifs is 1. The van der Waals surface area contributed by atoms with E-state index in [1.54, 1.807) is 31.2 Å². The van der Waals surface area contributed by atoms with Crippen LogP contribution in [0.1, 0.15) is 35.1 Å². The summed E-state index contributed by atoms with van der Waals surface area (Å²) in [7, 11) is -2.38. The number of sulfonamides is 1. The van der Waals surface area contributed by atoms with Gasteiger partial charge in [0.1, 0.15) is 5.75 Å². The van der Waals surface area contributed by atoms with Gasteiger partial charge in [0.15, 0.2) is 0 Å². The molecule has 1 aliphatic rings. The van der Waals surface area contributed by atoms with Gasteiger partial charge in [-0.05, 0) is 74.4 Å². The molecule has 0 spiro atoms. The van der Waals surface area contributed by atoms with Crippen molar-refractivity contribution in [3.63, 3.8) is 0 Å². The highest BCUT2D eigenvalue weighted by Gasteiger charge is 2.23. The van der Waals surface area contributed by atoms with Gasteiger partial charge in [0.2, 0.25) is 0 Å². The molecular weight excluding hydrogens is 414 g/mol. The van der Waals surface area contributed by atoms with Crippen LogP contribution in [0.4, 0.5) is 5.69 Å². The van der Waals surface area contributed by atoms with Gasteiger partial charge in [-0.15, -0.1) is 0 Å². The van der Waals surface area contributed by atoms with Crippen LogP contribution in [0.5, 0.6) is 5.75 Å². The van der Waals surface area contributed by atoms with Gasteiger partial charge >= 0.3 is 0 Å². The molecule has 2 aromatic carbocycles. The molecule has 7 nitrogen and oxygen atoms in total. The molecule has 0 fully saturated rings. The number of benzene rings is 2. The van der Waals surface area contributed by atoms with Crippen molar-refractivity contribution in [3.8, 4) is 17.0 Å². The van der Waals surface area contributed by atoms with E-state index in [2.05, 4.69) is 14.9 Å². The average molecular weight is 440 g/mol. The third kappa shape index (κ3) is 4.07. The van der Waals surface area contributed by atoms with Crippen molar-refractivity contribution in [1.29, 1.82) is 0 Å². The molecule has 0 aliphatic heterocycles. The SMILES string of the molecule is COc1ccc(C)cc1NS(=O)(=O)c1cc(-c2n[nH]c(=O)c3c2CCCC3)ccc1C. The number of aryl methyl sites for hydroxylation is 2. The fraction of sp³-hybridized carbons (Fsp3) is 0.304. The zero-order chi connectivity index (χ0) is 22.2. The van der Waals surface area contributed by atoms with Gasteiger partial charge < -0.3 is 4.74 Å². The first-order valence-electron chi connectivity index (χ1n) is 10.2. The Labute approximate surface area is 181 Å². The summed E-state index contributed by atoms with van der Waals surface area (Å²) in [6, 6.07) is 10.5. The molecule has 8 heteroatoms. The minimum atomic E-state index is -3.88. The van der Waals surface area contributed by atoms with E-state index < -0.39 is 10.0 Å². The first-order chi connectivity index (χ1) is 14.8. The molecule has 31 heavy (non-hydrogen) atoms. The number of anilines is 1. The van der Waals surface area contributed by atoms with E-state index in [0.717, 1.165) is 36.0 Å². The summed E-state index contributed by atoms with van der Waals surface area (Å²) in [4.78, 5) is 12.3. The second-order valence-corrected chi connectivity index (χ2v) is 9.51. The number of nitrogens with one attached hydrogen (secondary N) is 2. The molecule has 162 valence electrons. The Balaban J connectivity index is 1.79. The van der Waals surface area contributed by atoms with Crippen molar-refractivity contribution in [2.24, 2.45) is 0 Å². The van der Waals surface area contributed by atoms with Crippen LogP contribution in [0.3, 0.4) is 0 Å². The van der Waals surface area contributed by atoms with Crippen molar-refractivity contribution in [2.45, 2.75) is 44.4 Å². The molecule has 0 bridgehead atoms. The van der Waals surface area contributed by atoms with Crippen LogP contribution in [0, 0.1) is 13.8 Å². The summed E-state index contributed by atoms with van der Waals surface area (Å²) in [5, 5.41) is 6.84. The Kier molecular flexibility index (Phi) is 5.58. The molecule has 0 saturated heterocycles. The van der Waals surface area contributed by atoms with Crippen LogP contribution in [-0.2, 0) is 22.9 Å². The lowest BCUT2D eigenvalue weighted by Crippen LogP contribution is -2.21. The van der Waals surface area contributed by atoms with E-state index in [-0.39, 0.29) is 10.5 Å². The summed E-state index contributed by atoms with van der Waals surface area (Å²) in [5.41, 5.74) is 4.71. The quantitative estimate of drug-likeness (QED) is 0.631. The van der Waals surface area contributed by atoms with Crippen molar-refractivity contribution in [1.82, 2.24) is 10.2 Å². The predicted octanol–water partition coefficient (Wildman–Crippen LogP) is 3.74.